The number of rotatable bonds is 0. The first-order chi connectivity index (χ1) is 6.95. The van der Waals surface area contributed by atoms with Crippen LogP contribution in [0.25, 0.3) is 0 Å². The largest absolute Gasteiger partial charge is 0.365 e. The molecule has 2 atom stereocenters. The summed E-state index contributed by atoms with van der Waals surface area (Å²) in [7, 11) is 0. The molecule has 3 heterocycles. The van der Waals surface area contributed by atoms with Crippen LogP contribution in [-0.4, -0.2) is 30.2 Å². The third-order valence-electron chi connectivity index (χ3n) is 2.98. The maximum absolute atomic E-state index is 3.46. The van der Waals surface area contributed by atoms with E-state index in [0.29, 0.717) is 12.2 Å². The van der Waals surface area contributed by atoms with Gasteiger partial charge in [0.25, 0.3) is 0 Å². The van der Waals surface area contributed by atoms with Crippen molar-refractivity contribution >= 4 is 0 Å². The molecule has 3 rings (SSSR count). The Bertz CT molecular complexity index is 285. The van der Waals surface area contributed by atoms with Crippen LogP contribution in [0.1, 0.15) is 6.42 Å². The summed E-state index contributed by atoms with van der Waals surface area (Å²) in [6.45, 7) is 1.93. The Hall–Kier alpha value is -1.04. The van der Waals surface area contributed by atoms with Gasteiger partial charge in [-0.25, -0.2) is 5.43 Å². The summed E-state index contributed by atoms with van der Waals surface area (Å²) in [5.74, 6) is 0. The molecule has 14 heavy (non-hydrogen) atoms. The first-order valence-electron chi connectivity index (χ1n) is 5.07. The third-order valence-corrected chi connectivity index (χ3v) is 2.98. The lowest BCUT2D eigenvalue weighted by Gasteiger charge is -2.46. The highest BCUT2D eigenvalue weighted by atomic mass is 15.5. The molecule has 0 aromatic rings. The molecule has 0 spiro atoms. The van der Waals surface area contributed by atoms with Crippen molar-refractivity contribution < 1.29 is 0 Å². The minimum atomic E-state index is 0.351. The van der Waals surface area contributed by atoms with Crippen LogP contribution in [-0.2, 0) is 0 Å². The minimum absolute atomic E-state index is 0.351. The molecule has 2 fully saturated rings. The molecular weight excluding hydrogens is 178 g/mol. The summed E-state index contributed by atoms with van der Waals surface area (Å²) in [5.41, 5.74) is 7.77. The molecule has 2 unspecified atom stereocenters. The van der Waals surface area contributed by atoms with E-state index in [1.54, 1.807) is 0 Å². The molecule has 0 aliphatic carbocycles. The normalized spacial score (nSPS) is 35.4. The van der Waals surface area contributed by atoms with Gasteiger partial charge in [0.1, 0.15) is 0 Å². The highest BCUT2D eigenvalue weighted by Gasteiger charge is 2.34. The molecule has 5 nitrogen and oxygen atoms in total. The highest BCUT2D eigenvalue weighted by Crippen LogP contribution is 2.21. The van der Waals surface area contributed by atoms with Crippen molar-refractivity contribution in [2.45, 2.75) is 18.6 Å². The minimum Gasteiger partial charge on any atom is -0.365 e. The van der Waals surface area contributed by atoms with E-state index in [4.69, 9.17) is 0 Å². The quantitative estimate of drug-likeness (QED) is 0.397. The second-order valence-corrected chi connectivity index (χ2v) is 3.81. The van der Waals surface area contributed by atoms with E-state index in [1.807, 2.05) is 6.20 Å². The number of hydrogen-bond donors (Lipinski definition) is 4. The van der Waals surface area contributed by atoms with Crippen LogP contribution < -0.4 is 21.5 Å². The second-order valence-electron chi connectivity index (χ2n) is 3.81. The molecule has 0 saturated carbocycles. The lowest BCUT2D eigenvalue weighted by molar-refractivity contribution is 0.134. The average molecular weight is 193 g/mol. The van der Waals surface area contributed by atoms with E-state index in [1.165, 1.54) is 5.70 Å². The zero-order chi connectivity index (χ0) is 9.38. The van der Waals surface area contributed by atoms with Crippen LogP contribution in [0.2, 0.25) is 0 Å². The molecule has 4 N–H and O–H groups in total. The molecule has 0 bridgehead atoms. The summed E-state index contributed by atoms with van der Waals surface area (Å²) < 4.78 is 0. The zero-order valence-electron chi connectivity index (χ0n) is 7.96. The van der Waals surface area contributed by atoms with E-state index in [-0.39, 0.29) is 0 Å². The van der Waals surface area contributed by atoms with Crippen molar-refractivity contribution in [3.63, 3.8) is 0 Å². The highest BCUT2D eigenvalue weighted by molar-refractivity contribution is 5.18. The van der Waals surface area contributed by atoms with Crippen molar-refractivity contribution in [2.75, 3.05) is 13.1 Å². The lowest BCUT2D eigenvalue weighted by Crippen LogP contribution is -2.67. The summed E-state index contributed by atoms with van der Waals surface area (Å²) >= 11 is 0. The summed E-state index contributed by atoms with van der Waals surface area (Å²) in [4.78, 5) is 2.35. The zero-order valence-corrected chi connectivity index (χ0v) is 7.96. The average Bonchev–Trinajstić information content (AvgIpc) is 2.29. The first-order valence-corrected chi connectivity index (χ1v) is 5.07. The predicted octanol–water partition coefficient (Wildman–Crippen LogP) is -1.000. The Balaban J connectivity index is 1.85. The first kappa shape index (κ1) is 8.28. The lowest BCUT2D eigenvalue weighted by atomic mass is 10.0. The fourth-order valence-corrected chi connectivity index (χ4v) is 2.27. The number of hydrazine groups is 1. The second kappa shape index (κ2) is 3.27. The molecule has 5 heteroatoms. The molecule has 0 aromatic heterocycles. The van der Waals surface area contributed by atoms with Gasteiger partial charge >= 0.3 is 0 Å². The third kappa shape index (κ3) is 1.21. The van der Waals surface area contributed by atoms with E-state index in [2.05, 4.69) is 38.8 Å². The standard InChI is InChI=1S/C9H15N5/c1-2-12-13-9-8(1)14-4-3-10-5-7(14)6-11-9/h3-5,8-13H,1-2,6H2. The van der Waals surface area contributed by atoms with Crippen molar-refractivity contribution in [1.82, 2.24) is 26.4 Å². The van der Waals surface area contributed by atoms with Crippen LogP contribution >= 0.6 is 0 Å². The molecular formula is C9H15N5. The maximum Gasteiger partial charge on any atom is 0.0917 e. The van der Waals surface area contributed by atoms with Gasteiger partial charge in [0.15, 0.2) is 0 Å². The van der Waals surface area contributed by atoms with Crippen LogP contribution in [0.3, 0.4) is 0 Å². The van der Waals surface area contributed by atoms with Gasteiger partial charge < -0.3 is 10.2 Å². The molecule has 2 saturated heterocycles. The van der Waals surface area contributed by atoms with E-state index in [9.17, 15) is 0 Å². The number of fused-ring (bicyclic) bond motifs is 3. The van der Waals surface area contributed by atoms with Crippen molar-refractivity contribution in [3.8, 4) is 0 Å². The fourth-order valence-electron chi connectivity index (χ4n) is 2.27. The van der Waals surface area contributed by atoms with E-state index in [0.717, 1.165) is 19.5 Å². The van der Waals surface area contributed by atoms with Crippen molar-refractivity contribution in [2.24, 2.45) is 0 Å². The van der Waals surface area contributed by atoms with E-state index >= 15 is 0 Å². The summed E-state index contributed by atoms with van der Waals surface area (Å²) in [6, 6.07) is 0.523. The SMILES string of the molecule is C1=CN2C(=CN1)CNC1NNCCC12. The monoisotopic (exact) mass is 193 g/mol. The van der Waals surface area contributed by atoms with Crippen molar-refractivity contribution in [3.05, 3.63) is 24.3 Å². The van der Waals surface area contributed by atoms with Gasteiger partial charge in [0.2, 0.25) is 0 Å². The number of hydrogen-bond acceptors (Lipinski definition) is 5. The number of nitrogens with one attached hydrogen (secondary N) is 4. The van der Waals surface area contributed by atoms with Gasteiger partial charge in [-0.2, -0.15) is 0 Å². The maximum atomic E-state index is 3.46. The predicted molar refractivity (Wildman–Crippen MR) is 53.5 cm³/mol. The molecule has 0 amide bonds. The Morgan fingerprint density at radius 2 is 2.43 bits per heavy atom. The number of piperazine rings is 1. The molecule has 0 radical (unpaired) electrons. The molecule has 3 aliphatic heterocycles. The Labute approximate surface area is 83.2 Å². The Kier molecular flexibility index (Phi) is 1.93. The van der Waals surface area contributed by atoms with Crippen molar-refractivity contribution in [1.29, 1.82) is 0 Å². The van der Waals surface area contributed by atoms with Crippen LogP contribution in [0.15, 0.2) is 24.3 Å². The van der Waals surface area contributed by atoms with Crippen LogP contribution in [0, 0.1) is 0 Å². The van der Waals surface area contributed by atoms with Crippen LogP contribution in [0.5, 0.6) is 0 Å². The Morgan fingerprint density at radius 3 is 3.43 bits per heavy atom. The molecule has 0 aromatic carbocycles. The topological polar surface area (TPSA) is 51.4 Å². The van der Waals surface area contributed by atoms with Gasteiger partial charge in [-0.05, 0) is 6.42 Å². The van der Waals surface area contributed by atoms with Gasteiger partial charge in [0, 0.05) is 37.4 Å². The van der Waals surface area contributed by atoms with Gasteiger partial charge in [-0.15, -0.1) is 0 Å². The van der Waals surface area contributed by atoms with Gasteiger partial charge in [-0.1, -0.05) is 0 Å². The molecule has 3 aliphatic rings. The molecule has 76 valence electrons. The summed E-state index contributed by atoms with van der Waals surface area (Å²) in [5, 5.41) is 6.58. The smallest absolute Gasteiger partial charge is 0.0917 e. The van der Waals surface area contributed by atoms with Gasteiger partial charge in [0.05, 0.1) is 12.2 Å². The van der Waals surface area contributed by atoms with E-state index < -0.39 is 0 Å². The van der Waals surface area contributed by atoms with Gasteiger partial charge in [-0.3, -0.25) is 10.7 Å². The number of nitrogens with zero attached hydrogens (tertiary/aromatic N) is 1. The summed E-state index contributed by atoms with van der Waals surface area (Å²) in [6.07, 6.45) is 7.68. The fraction of sp³-hybridized carbons (Fsp3) is 0.556. The van der Waals surface area contributed by atoms with Crippen LogP contribution in [0.4, 0.5) is 0 Å². The Morgan fingerprint density at radius 1 is 1.43 bits per heavy atom.